The number of nitrogens with zero attached hydrogens (tertiary/aromatic N) is 2. The van der Waals surface area contributed by atoms with Gasteiger partial charge in [-0.1, -0.05) is 0 Å². The van der Waals surface area contributed by atoms with Gasteiger partial charge in [-0.2, -0.15) is 0 Å². The molecular weight excluding hydrogens is 296 g/mol. The number of amides is 1. The molecule has 0 bridgehead atoms. The maximum Gasteiger partial charge on any atom is 0.233 e. The van der Waals surface area contributed by atoms with Crippen molar-refractivity contribution in [3.8, 4) is 0 Å². The largest absolute Gasteiger partial charge is 0.423 e. The first-order valence-corrected chi connectivity index (χ1v) is 8.68. The fraction of sp³-hybridized carbons (Fsp3) is 0.812. The van der Waals surface area contributed by atoms with Crippen molar-refractivity contribution in [1.82, 2.24) is 15.5 Å². The van der Waals surface area contributed by atoms with E-state index in [1.54, 1.807) is 0 Å². The SMILES string of the molecule is NC(=O)C[C@@H]1CC[C@H](c2nnc(C3CC(OC4CC4)C3)o2)NC1. The molecule has 3 aliphatic rings. The van der Waals surface area contributed by atoms with Crippen molar-refractivity contribution in [1.29, 1.82) is 0 Å². The normalized spacial score (nSPS) is 34.1. The van der Waals surface area contributed by atoms with Crippen LogP contribution in [0.2, 0.25) is 0 Å². The molecule has 3 fully saturated rings. The summed E-state index contributed by atoms with van der Waals surface area (Å²) < 4.78 is 11.8. The van der Waals surface area contributed by atoms with Gasteiger partial charge in [-0.05, 0) is 51.0 Å². The Kier molecular flexibility index (Phi) is 4.07. The zero-order valence-electron chi connectivity index (χ0n) is 13.2. The van der Waals surface area contributed by atoms with Crippen LogP contribution in [0, 0.1) is 5.92 Å². The molecule has 2 atom stereocenters. The fourth-order valence-corrected chi connectivity index (χ4v) is 3.49. The van der Waals surface area contributed by atoms with Crippen LogP contribution in [0.1, 0.15) is 68.7 Å². The minimum atomic E-state index is -0.233. The predicted octanol–water partition coefficient (Wildman–Crippen LogP) is 1.41. The maximum absolute atomic E-state index is 11.0. The quantitative estimate of drug-likeness (QED) is 0.821. The number of rotatable bonds is 6. The van der Waals surface area contributed by atoms with Crippen molar-refractivity contribution in [3.63, 3.8) is 0 Å². The van der Waals surface area contributed by atoms with E-state index < -0.39 is 0 Å². The van der Waals surface area contributed by atoms with Gasteiger partial charge in [0.2, 0.25) is 17.7 Å². The van der Waals surface area contributed by atoms with E-state index in [1.807, 2.05) is 0 Å². The Morgan fingerprint density at radius 2 is 1.96 bits per heavy atom. The summed E-state index contributed by atoms with van der Waals surface area (Å²) in [5.41, 5.74) is 5.25. The fourth-order valence-electron chi connectivity index (χ4n) is 3.49. The molecule has 2 saturated carbocycles. The lowest BCUT2D eigenvalue weighted by molar-refractivity contribution is -0.119. The van der Waals surface area contributed by atoms with Crippen LogP contribution in [0.15, 0.2) is 4.42 Å². The highest BCUT2D eigenvalue weighted by atomic mass is 16.5. The number of carbonyl (C=O) groups excluding carboxylic acids is 1. The summed E-state index contributed by atoms with van der Waals surface area (Å²) in [6.07, 6.45) is 7.62. The van der Waals surface area contributed by atoms with Gasteiger partial charge >= 0.3 is 0 Å². The first kappa shape index (κ1) is 15.1. The van der Waals surface area contributed by atoms with Crippen molar-refractivity contribution >= 4 is 5.91 Å². The summed E-state index contributed by atoms with van der Waals surface area (Å²) in [6, 6.07) is 0.0963. The van der Waals surface area contributed by atoms with Gasteiger partial charge in [0.25, 0.3) is 0 Å². The van der Waals surface area contributed by atoms with Crippen molar-refractivity contribution in [2.45, 2.75) is 69.1 Å². The molecule has 126 valence electrons. The topological polar surface area (TPSA) is 103 Å². The second kappa shape index (κ2) is 6.20. The lowest BCUT2D eigenvalue weighted by Crippen LogP contribution is -2.35. The van der Waals surface area contributed by atoms with Gasteiger partial charge in [0, 0.05) is 12.3 Å². The summed E-state index contributed by atoms with van der Waals surface area (Å²) in [5.74, 6) is 1.85. The molecule has 0 unspecified atom stereocenters. The highest BCUT2D eigenvalue weighted by Crippen LogP contribution is 2.41. The molecule has 23 heavy (non-hydrogen) atoms. The van der Waals surface area contributed by atoms with Crippen molar-refractivity contribution in [3.05, 3.63) is 11.8 Å². The number of aromatic nitrogens is 2. The molecule has 0 spiro atoms. The smallest absolute Gasteiger partial charge is 0.233 e. The monoisotopic (exact) mass is 320 g/mol. The number of nitrogens with two attached hydrogens (primary N) is 1. The summed E-state index contributed by atoms with van der Waals surface area (Å²) in [4.78, 5) is 11.0. The molecule has 4 rings (SSSR count). The Hall–Kier alpha value is -1.47. The number of ether oxygens (including phenoxy) is 1. The Labute approximate surface area is 135 Å². The zero-order valence-corrected chi connectivity index (χ0v) is 13.2. The molecule has 0 radical (unpaired) electrons. The van der Waals surface area contributed by atoms with Gasteiger partial charge in [0.1, 0.15) is 0 Å². The molecule has 1 saturated heterocycles. The minimum absolute atomic E-state index is 0.0963. The Bertz CT molecular complexity index is 557. The second-order valence-corrected chi connectivity index (χ2v) is 7.18. The molecule has 1 aliphatic heterocycles. The summed E-state index contributed by atoms with van der Waals surface area (Å²) in [5, 5.41) is 11.8. The second-order valence-electron chi connectivity index (χ2n) is 7.18. The molecular formula is C16H24N4O3. The van der Waals surface area contributed by atoms with Crippen LogP contribution in [0.4, 0.5) is 0 Å². The van der Waals surface area contributed by atoms with Crippen molar-refractivity contribution in [2.24, 2.45) is 11.7 Å². The van der Waals surface area contributed by atoms with Gasteiger partial charge in [-0.3, -0.25) is 4.79 Å². The lowest BCUT2D eigenvalue weighted by atomic mass is 9.82. The molecule has 2 aliphatic carbocycles. The molecule has 3 N–H and O–H groups in total. The Morgan fingerprint density at radius 3 is 2.61 bits per heavy atom. The summed E-state index contributed by atoms with van der Waals surface area (Å²) >= 11 is 0. The van der Waals surface area contributed by atoms with Gasteiger partial charge < -0.3 is 20.2 Å². The van der Waals surface area contributed by atoms with E-state index in [1.165, 1.54) is 12.8 Å². The predicted molar refractivity (Wildman–Crippen MR) is 81.4 cm³/mol. The van der Waals surface area contributed by atoms with E-state index >= 15 is 0 Å². The van der Waals surface area contributed by atoms with E-state index in [0.717, 1.165) is 38.1 Å². The number of hydrogen-bond acceptors (Lipinski definition) is 6. The van der Waals surface area contributed by atoms with Crippen LogP contribution in [-0.2, 0) is 9.53 Å². The van der Waals surface area contributed by atoms with Crippen LogP contribution >= 0.6 is 0 Å². The maximum atomic E-state index is 11.0. The molecule has 0 aromatic carbocycles. The van der Waals surface area contributed by atoms with Crippen LogP contribution in [0.5, 0.6) is 0 Å². The highest BCUT2D eigenvalue weighted by molar-refractivity contribution is 5.74. The molecule has 2 heterocycles. The Morgan fingerprint density at radius 1 is 1.17 bits per heavy atom. The van der Waals surface area contributed by atoms with Crippen LogP contribution in [-0.4, -0.2) is 34.9 Å². The molecule has 1 aromatic heterocycles. The molecule has 1 amide bonds. The van der Waals surface area contributed by atoms with E-state index in [2.05, 4.69) is 15.5 Å². The third-order valence-electron chi connectivity index (χ3n) is 5.11. The van der Waals surface area contributed by atoms with Crippen molar-refractivity contribution < 1.29 is 13.9 Å². The summed E-state index contributed by atoms with van der Waals surface area (Å²) in [6.45, 7) is 0.770. The lowest BCUT2D eigenvalue weighted by Gasteiger charge is -2.32. The third-order valence-corrected chi connectivity index (χ3v) is 5.11. The third kappa shape index (κ3) is 3.55. The van der Waals surface area contributed by atoms with E-state index in [0.29, 0.717) is 36.4 Å². The Balaban J connectivity index is 1.26. The van der Waals surface area contributed by atoms with Crippen LogP contribution in [0.25, 0.3) is 0 Å². The van der Waals surface area contributed by atoms with Crippen LogP contribution in [0.3, 0.4) is 0 Å². The molecule has 1 aromatic rings. The zero-order chi connectivity index (χ0) is 15.8. The van der Waals surface area contributed by atoms with E-state index in [-0.39, 0.29) is 11.9 Å². The summed E-state index contributed by atoms with van der Waals surface area (Å²) in [7, 11) is 0. The minimum Gasteiger partial charge on any atom is -0.423 e. The number of hydrogen-bond donors (Lipinski definition) is 2. The molecule has 7 heteroatoms. The van der Waals surface area contributed by atoms with Gasteiger partial charge in [-0.25, -0.2) is 0 Å². The van der Waals surface area contributed by atoms with Gasteiger partial charge in [-0.15, -0.1) is 10.2 Å². The van der Waals surface area contributed by atoms with E-state index in [4.69, 9.17) is 14.9 Å². The van der Waals surface area contributed by atoms with Crippen molar-refractivity contribution in [2.75, 3.05) is 6.54 Å². The first-order chi connectivity index (χ1) is 11.2. The number of piperidine rings is 1. The van der Waals surface area contributed by atoms with E-state index in [9.17, 15) is 4.79 Å². The molecule has 7 nitrogen and oxygen atoms in total. The average molecular weight is 320 g/mol. The number of nitrogens with one attached hydrogen (secondary N) is 1. The standard InChI is InChI=1S/C16H24N4O3/c17-14(21)5-9-1-4-13(18-8-9)16-20-19-15(23-16)10-6-12(7-10)22-11-2-3-11/h9-13,18H,1-8H2,(H2,17,21)/t9-,10?,12?,13+/m0/s1. The number of carbonyl (C=O) groups is 1. The van der Waals surface area contributed by atoms with Gasteiger partial charge in [0.15, 0.2) is 0 Å². The van der Waals surface area contributed by atoms with Gasteiger partial charge in [0.05, 0.1) is 18.2 Å². The highest BCUT2D eigenvalue weighted by Gasteiger charge is 2.39. The van der Waals surface area contributed by atoms with Crippen LogP contribution < -0.4 is 11.1 Å². The average Bonchev–Trinajstić information content (AvgIpc) is 3.18. The first-order valence-electron chi connectivity index (χ1n) is 8.68. The number of primary amides is 1.